The zero-order valence-corrected chi connectivity index (χ0v) is 38.1. The Morgan fingerprint density at radius 3 is 1.45 bits per heavy atom. The van der Waals surface area contributed by atoms with Crippen molar-refractivity contribution in [2.75, 3.05) is 6.54 Å². The summed E-state index contributed by atoms with van der Waals surface area (Å²) in [6.07, 6.45) is 2.50. The number of nitrogens with one attached hydrogen (secondary N) is 5. The van der Waals surface area contributed by atoms with Crippen LogP contribution in [0.15, 0.2) is 91.0 Å². The van der Waals surface area contributed by atoms with Crippen molar-refractivity contribution >= 4 is 41.5 Å². The van der Waals surface area contributed by atoms with E-state index in [0.717, 1.165) is 23.1 Å². The minimum atomic E-state index is -1.23. The van der Waals surface area contributed by atoms with Gasteiger partial charge in [-0.15, -0.1) is 0 Å². The molecule has 1 fully saturated rings. The van der Waals surface area contributed by atoms with Crippen molar-refractivity contribution in [2.24, 2.45) is 11.7 Å². The van der Waals surface area contributed by atoms with Crippen LogP contribution in [-0.2, 0) is 52.8 Å². The molecule has 0 unspecified atom stereocenters. The van der Waals surface area contributed by atoms with E-state index < -0.39 is 83.4 Å². The molecular formula is C49H67N7O8. The van der Waals surface area contributed by atoms with Gasteiger partial charge in [-0.2, -0.15) is 0 Å². The number of hydrogen-bond acceptors (Lipinski definition) is 8. The third-order valence-electron chi connectivity index (χ3n) is 10.8. The standard InChI is InChI=1S/C49H67N7O8/c1-7-8-25-36(42(50)57)51-43(58)37(28-32(2)3)52-44(59)38(29-33-19-12-9-13-20-33)53-45(60)39(30-34-21-14-10-15-22-34)54-46(61)40(31-35-23-16-11-17-24-35)55-47(62)41-26-18-27-56(41)48(63)64-49(4,5)6/h9-17,19-24,32,36-41H,7-8,18,25-31H2,1-6H3,(H2,50,57)(H,51,58)(H,52,59)(H,53,60)(H,54,61)(H,55,62)/t36-,37-,38+,39-,40+,41-/m0/s1. The van der Waals surface area contributed by atoms with Gasteiger partial charge in [-0.25, -0.2) is 4.79 Å². The lowest BCUT2D eigenvalue weighted by Gasteiger charge is -2.30. The number of hydrogen-bond donors (Lipinski definition) is 6. The Hall–Kier alpha value is -6.25. The number of ether oxygens (including phenoxy) is 1. The first kappa shape index (κ1) is 50.4. The van der Waals surface area contributed by atoms with Crippen molar-refractivity contribution in [3.05, 3.63) is 108 Å². The molecule has 15 heteroatoms. The highest BCUT2D eigenvalue weighted by Gasteiger charge is 2.39. The molecule has 0 saturated carbocycles. The molecule has 15 nitrogen and oxygen atoms in total. The predicted octanol–water partition coefficient (Wildman–Crippen LogP) is 4.26. The van der Waals surface area contributed by atoms with Crippen LogP contribution in [0.3, 0.4) is 0 Å². The van der Waals surface area contributed by atoms with Gasteiger partial charge < -0.3 is 37.1 Å². The highest BCUT2D eigenvalue weighted by Crippen LogP contribution is 2.22. The summed E-state index contributed by atoms with van der Waals surface area (Å²) >= 11 is 0. The molecule has 0 aromatic heterocycles. The molecule has 4 rings (SSSR count). The zero-order valence-electron chi connectivity index (χ0n) is 38.1. The van der Waals surface area contributed by atoms with Gasteiger partial charge in [0.2, 0.25) is 35.4 Å². The third kappa shape index (κ3) is 16.5. The van der Waals surface area contributed by atoms with Gasteiger partial charge in [-0.05, 0) is 69.1 Å². The van der Waals surface area contributed by atoms with Gasteiger partial charge in [0.25, 0.3) is 0 Å². The highest BCUT2D eigenvalue weighted by molar-refractivity contribution is 5.97. The molecular weight excluding hydrogens is 815 g/mol. The van der Waals surface area contributed by atoms with Crippen LogP contribution in [0.4, 0.5) is 4.79 Å². The molecule has 346 valence electrons. The number of nitrogens with two attached hydrogens (primary N) is 1. The molecule has 1 aliphatic rings. The Balaban J connectivity index is 1.63. The Kier molecular flexibility index (Phi) is 19.3. The maximum atomic E-state index is 14.6. The summed E-state index contributed by atoms with van der Waals surface area (Å²) in [4.78, 5) is 97.7. The Bertz CT molecular complexity index is 2010. The number of rotatable bonds is 22. The first-order valence-electron chi connectivity index (χ1n) is 22.4. The second kappa shape index (κ2) is 24.6. The van der Waals surface area contributed by atoms with Gasteiger partial charge in [-0.1, -0.05) is 125 Å². The highest BCUT2D eigenvalue weighted by atomic mass is 16.6. The fourth-order valence-corrected chi connectivity index (χ4v) is 7.51. The van der Waals surface area contributed by atoms with E-state index in [9.17, 15) is 33.6 Å². The lowest BCUT2D eigenvalue weighted by Crippen LogP contribution is -2.60. The van der Waals surface area contributed by atoms with E-state index in [1.165, 1.54) is 4.90 Å². The molecule has 0 spiro atoms. The largest absolute Gasteiger partial charge is 0.444 e. The number of carbonyl (C=O) groups is 7. The van der Waals surface area contributed by atoms with Gasteiger partial charge in [0.05, 0.1) is 0 Å². The molecule has 1 aliphatic heterocycles. The van der Waals surface area contributed by atoms with Crippen LogP contribution in [0, 0.1) is 5.92 Å². The van der Waals surface area contributed by atoms with E-state index in [1.54, 1.807) is 45.0 Å². The molecule has 1 heterocycles. The van der Waals surface area contributed by atoms with E-state index in [2.05, 4.69) is 26.6 Å². The molecule has 7 amide bonds. The predicted molar refractivity (Wildman–Crippen MR) is 244 cm³/mol. The molecule has 3 aromatic carbocycles. The second-order valence-electron chi connectivity index (χ2n) is 17.9. The number of primary amides is 1. The van der Waals surface area contributed by atoms with Crippen LogP contribution >= 0.6 is 0 Å². The fraction of sp³-hybridized carbons (Fsp3) is 0.490. The summed E-state index contributed by atoms with van der Waals surface area (Å²) < 4.78 is 5.58. The molecule has 0 radical (unpaired) electrons. The number of benzene rings is 3. The quantitative estimate of drug-likeness (QED) is 0.0855. The van der Waals surface area contributed by atoms with Gasteiger partial charge in [0.1, 0.15) is 41.9 Å². The van der Waals surface area contributed by atoms with Crippen molar-refractivity contribution < 1.29 is 38.3 Å². The normalized spacial score (nSPS) is 16.0. The van der Waals surface area contributed by atoms with Gasteiger partial charge >= 0.3 is 6.09 Å². The Morgan fingerprint density at radius 2 is 1.05 bits per heavy atom. The number of carbonyl (C=O) groups excluding carboxylic acids is 7. The lowest BCUT2D eigenvalue weighted by atomic mass is 9.99. The number of nitrogens with zero attached hydrogens (tertiary/aromatic N) is 1. The maximum absolute atomic E-state index is 14.6. The van der Waals surface area contributed by atoms with Crippen molar-refractivity contribution in [1.82, 2.24) is 31.5 Å². The van der Waals surface area contributed by atoms with Crippen molar-refractivity contribution in [3.63, 3.8) is 0 Å². The van der Waals surface area contributed by atoms with Gasteiger partial charge in [-0.3, -0.25) is 33.7 Å². The van der Waals surface area contributed by atoms with E-state index in [-0.39, 0.29) is 31.6 Å². The van der Waals surface area contributed by atoms with Crippen LogP contribution < -0.4 is 32.3 Å². The van der Waals surface area contributed by atoms with Crippen molar-refractivity contribution in [2.45, 2.75) is 141 Å². The van der Waals surface area contributed by atoms with Crippen molar-refractivity contribution in [1.29, 1.82) is 0 Å². The van der Waals surface area contributed by atoms with Crippen LogP contribution in [0.2, 0.25) is 0 Å². The minimum absolute atomic E-state index is 0.0315. The van der Waals surface area contributed by atoms with Crippen LogP contribution in [-0.4, -0.2) is 94.8 Å². The zero-order chi connectivity index (χ0) is 46.8. The van der Waals surface area contributed by atoms with E-state index in [0.29, 0.717) is 32.2 Å². The molecule has 64 heavy (non-hydrogen) atoms. The van der Waals surface area contributed by atoms with Crippen LogP contribution in [0.1, 0.15) is 96.8 Å². The SMILES string of the molecule is CCCC[C@H](NC(=O)[C@H](CC(C)C)NC(=O)[C@@H](Cc1ccccc1)NC(=O)[C@H](Cc1ccccc1)NC(=O)[C@@H](Cc1ccccc1)NC(=O)[C@@H]1CCCN1C(=O)OC(C)(C)C)C(N)=O. The second-order valence-corrected chi connectivity index (χ2v) is 17.9. The lowest BCUT2D eigenvalue weighted by molar-refractivity contribution is -0.135. The van der Waals surface area contributed by atoms with E-state index in [4.69, 9.17) is 10.5 Å². The van der Waals surface area contributed by atoms with E-state index in [1.807, 2.05) is 87.5 Å². The first-order valence-corrected chi connectivity index (χ1v) is 22.4. The summed E-state index contributed by atoms with van der Waals surface area (Å²) in [7, 11) is 0. The molecule has 6 atom stereocenters. The average molecular weight is 882 g/mol. The third-order valence-corrected chi connectivity index (χ3v) is 10.8. The molecule has 0 aliphatic carbocycles. The molecule has 3 aromatic rings. The molecule has 7 N–H and O–H groups in total. The number of unbranched alkanes of at least 4 members (excludes halogenated alkanes) is 1. The topological polar surface area (TPSA) is 218 Å². The summed E-state index contributed by atoms with van der Waals surface area (Å²) in [6, 6.07) is 20.8. The maximum Gasteiger partial charge on any atom is 0.410 e. The van der Waals surface area contributed by atoms with Crippen molar-refractivity contribution in [3.8, 4) is 0 Å². The van der Waals surface area contributed by atoms with Crippen LogP contribution in [0.25, 0.3) is 0 Å². The summed E-state index contributed by atoms with van der Waals surface area (Å²) in [5.74, 6) is -3.79. The van der Waals surface area contributed by atoms with Crippen LogP contribution in [0.5, 0.6) is 0 Å². The fourth-order valence-electron chi connectivity index (χ4n) is 7.51. The average Bonchev–Trinajstić information content (AvgIpc) is 3.75. The minimum Gasteiger partial charge on any atom is -0.444 e. The smallest absolute Gasteiger partial charge is 0.410 e. The van der Waals surface area contributed by atoms with Gasteiger partial charge in [0, 0.05) is 25.8 Å². The van der Waals surface area contributed by atoms with E-state index >= 15 is 0 Å². The molecule has 1 saturated heterocycles. The van der Waals surface area contributed by atoms with Gasteiger partial charge in [0.15, 0.2) is 0 Å². The number of likely N-dealkylation sites (tertiary alicyclic amines) is 1. The summed E-state index contributed by atoms with van der Waals surface area (Å²) in [6.45, 7) is 11.3. The first-order chi connectivity index (χ1) is 30.4. The Labute approximate surface area is 377 Å². The monoisotopic (exact) mass is 882 g/mol. The Morgan fingerprint density at radius 1 is 0.641 bits per heavy atom. The molecule has 0 bridgehead atoms. The summed E-state index contributed by atoms with van der Waals surface area (Å²) in [5, 5.41) is 14.2. The summed E-state index contributed by atoms with van der Waals surface area (Å²) in [5.41, 5.74) is 7.03. The number of amides is 7.